The summed E-state index contributed by atoms with van der Waals surface area (Å²) in [6, 6.07) is 10.3. The van der Waals surface area contributed by atoms with Crippen molar-refractivity contribution in [2.24, 2.45) is 0 Å². The second-order valence-corrected chi connectivity index (χ2v) is 7.63. The molecule has 3 nitrogen and oxygen atoms in total. The summed E-state index contributed by atoms with van der Waals surface area (Å²) in [4.78, 5) is 12.0. The Morgan fingerprint density at radius 2 is 1.92 bits per heavy atom. The van der Waals surface area contributed by atoms with E-state index in [1.807, 2.05) is 19.1 Å². The van der Waals surface area contributed by atoms with E-state index in [4.69, 9.17) is 4.74 Å². The third kappa shape index (κ3) is 4.81. The van der Waals surface area contributed by atoms with Crippen LogP contribution in [0, 0.1) is 12.7 Å². The average molecular weight is 394 g/mol. The maximum atomic E-state index is 13.8. The maximum Gasteiger partial charge on any atom is 0.262 e. The lowest BCUT2D eigenvalue weighted by Gasteiger charge is -2.23. The van der Waals surface area contributed by atoms with Crippen molar-refractivity contribution in [3.05, 3.63) is 57.8 Å². The quantitative estimate of drug-likeness (QED) is 0.773. The van der Waals surface area contributed by atoms with Crippen molar-refractivity contribution in [2.75, 3.05) is 11.9 Å². The topological polar surface area (TPSA) is 38.3 Å². The summed E-state index contributed by atoms with van der Waals surface area (Å²) in [5, 5.41) is 2.52. The second kappa shape index (κ2) is 7.34. The van der Waals surface area contributed by atoms with Gasteiger partial charge in [0.25, 0.3) is 5.91 Å². The first kappa shape index (κ1) is 18.5. The minimum atomic E-state index is -0.497. The number of amides is 1. The molecule has 2 aromatic carbocycles. The van der Waals surface area contributed by atoms with E-state index in [9.17, 15) is 9.18 Å². The smallest absolute Gasteiger partial charge is 0.262 e. The Morgan fingerprint density at radius 3 is 2.54 bits per heavy atom. The van der Waals surface area contributed by atoms with Crippen molar-refractivity contribution >= 4 is 27.5 Å². The fourth-order valence-electron chi connectivity index (χ4n) is 2.28. The fourth-order valence-corrected chi connectivity index (χ4v) is 2.61. The van der Waals surface area contributed by atoms with Crippen LogP contribution in [0.5, 0.6) is 5.75 Å². The number of benzene rings is 2. The average Bonchev–Trinajstić information content (AvgIpc) is 2.48. The first-order valence-electron chi connectivity index (χ1n) is 7.65. The van der Waals surface area contributed by atoms with E-state index in [1.54, 1.807) is 6.07 Å². The molecule has 0 unspecified atom stereocenters. The third-order valence-electron chi connectivity index (χ3n) is 3.51. The van der Waals surface area contributed by atoms with Crippen LogP contribution in [0.15, 0.2) is 40.9 Å². The molecule has 1 N–H and O–H groups in total. The van der Waals surface area contributed by atoms with E-state index in [1.165, 1.54) is 12.1 Å². The number of carbonyl (C=O) groups is 1. The monoisotopic (exact) mass is 393 g/mol. The van der Waals surface area contributed by atoms with Gasteiger partial charge in [-0.3, -0.25) is 4.79 Å². The van der Waals surface area contributed by atoms with Crippen LogP contribution >= 0.6 is 15.9 Å². The van der Waals surface area contributed by atoms with Crippen LogP contribution in [0.3, 0.4) is 0 Å². The Labute approximate surface area is 150 Å². The number of nitrogens with one attached hydrogen (secondary N) is 1. The van der Waals surface area contributed by atoms with Crippen LogP contribution in [-0.2, 0) is 10.2 Å². The van der Waals surface area contributed by atoms with Gasteiger partial charge in [0.15, 0.2) is 6.61 Å². The highest BCUT2D eigenvalue weighted by molar-refractivity contribution is 9.10. The van der Waals surface area contributed by atoms with E-state index >= 15 is 0 Å². The molecule has 0 saturated carbocycles. The van der Waals surface area contributed by atoms with Gasteiger partial charge in [-0.1, -0.05) is 54.4 Å². The number of aryl methyl sites for hydroxylation is 1. The van der Waals surface area contributed by atoms with Gasteiger partial charge >= 0.3 is 0 Å². The zero-order valence-electron chi connectivity index (χ0n) is 14.2. The Bertz CT molecular complexity index is 754. The molecule has 5 heteroatoms. The molecule has 0 aliphatic rings. The van der Waals surface area contributed by atoms with Gasteiger partial charge in [0.2, 0.25) is 0 Å². The summed E-state index contributed by atoms with van der Waals surface area (Å²) >= 11 is 3.18. The summed E-state index contributed by atoms with van der Waals surface area (Å²) in [5.41, 5.74) is 2.20. The largest absolute Gasteiger partial charge is 0.483 e. The molecule has 1 amide bonds. The van der Waals surface area contributed by atoms with E-state index in [0.717, 1.165) is 11.1 Å². The van der Waals surface area contributed by atoms with Crippen molar-refractivity contribution in [1.29, 1.82) is 0 Å². The zero-order chi connectivity index (χ0) is 17.9. The lowest BCUT2D eigenvalue weighted by Crippen LogP contribution is -2.22. The standard InChI is InChI=1S/C19H21BrFNO2/c1-12-5-8-17(14(9-12)19(2,3)4)24-11-18(23)22-16-7-6-13(20)10-15(16)21/h5-10H,11H2,1-4H3,(H,22,23). The van der Waals surface area contributed by atoms with E-state index in [-0.39, 0.29) is 17.7 Å². The second-order valence-electron chi connectivity index (χ2n) is 6.71. The lowest BCUT2D eigenvalue weighted by atomic mass is 9.85. The molecule has 128 valence electrons. The minimum absolute atomic E-state index is 0.102. The summed E-state index contributed by atoms with van der Waals surface area (Å²) in [6.45, 7) is 8.10. The number of rotatable bonds is 4. The molecule has 0 fully saturated rings. The van der Waals surface area contributed by atoms with Gasteiger partial charge in [0.05, 0.1) is 5.69 Å². The SMILES string of the molecule is Cc1ccc(OCC(=O)Nc2ccc(Br)cc2F)c(C(C)(C)C)c1. The molecule has 2 aromatic rings. The van der Waals surface area contributed by atoms with Crippen LogP contribution in [0.1, 0.15) is 31.9 Å². The summed E-state index contributed by atoms with van der Waals surface area (Å²) < 4.78 is 20.0. The van der Waals surface area contributed by atoms with Crippen molar-refractivity contribution < 1.29 is 13.9 Å². The summed E-state index contributed by atoms with van der Waals surface area (Å²) in [7, 11) is 0. The van der Waals surface area contributed by atoms with Crippen LogP contribution in [0.4, 0.5) is 10.1 Å². The molecule has 24 heavy (non-hydrogen) atoms. The van der Waals surface area contributed by atoms with E-state index in [0.29, 0.717) is 10.2 Å². The number of halogens is 2. The van der Waals surface area contributed by atoms with Gasteiger partial charge in [-0.25, -0.2) is 4.39 Å². The molecule has 0 saturated heterocycles. The Morgan fingerprint density at radius 1 is 1.21 bits per heavy atom. The highest BCUT2D eigenvalue weighted by Gasteiger charge is 2.20. The van der Waals surface area contributed by atoms with Gasteiger partial charge in [-0.2, -0.15) is 0 Å². The molecule has 0 aromatic heterocycles. The van der Waals surface area contributed by atoms with Crippen LogP contribution in [0.25, 0.3) is 0 Å². The fraction of sp³-hybridized carbons (Fsp3) is 0.316. The molecule has 0 aliphatic heterocycles. The number of hydrogen-bond donors (Lipinski definition) is 1. The Balaban J connectivity index is 2.07. The van der Waals surface area contributed by atoms with E-state index < -0.39 is 11.7 Å². The van der Waals surface area contributed by atoms with Crippen LogP contribution in [-0.4, -0.2) is 12.5 Å². The summed E-state index contributed by atoms with van der Waals surface area (Å²) in [6.07, 6.45) is 0. The highest BCUT2D eigenvalue weighted by atomic mass is 79.9. The Hall–Kier alpha value is -1.88. The molecule has 0 aliphatic carbocycles. The maximum absolute atomic E-state index is 13.8. The Kier molecular flexibility index (Phi) is 5.65. The molecule has 0 heterocycles. The number of anilines is 1. The van der Waals surface area contributed by atoms with Crippen molar-refractivity contribution in [1.82, 2.24) is 0 Å². The first-order chi connectivity index (χ1) is 11.2. The zero-order valence-corrected chi connectivity index (χ0v) is 15.8. The highest BCUT2D eigenvalue weighted by Crippen LogP contribution is 2.32. The van der Waals surface area contributed by atoms with Gasteiger partial charge in [0.1, 0.15) is 11.6 Å². The molecule has 0 radical (unpaired) electrons. The predicted octanol–water partition coefficient (Wildman–Crippen LogP) is 5.21. The van der Waals surface area contributed by atoms with E-state index in [2.05, 4.69) is 48.1 Å². The molecular formula is C19H21BrFNO2. The molecule has 0 bridgehead atoms. The van der Waals surface area contributed by atoms with Gasteiger partial charge in [-0.05, 0) is 42.2 Å². The molecule has 0 atom stereocenters. The molecule has 0 spiro atoms. The lowest BCUT2D eigenvalue weighted by molar-refractivity contribution is -0.118. The molecular weight excluding hydrogens is 373 g/mol. The number of hydrogen-bond acceptors (Lipinski definition) is 2. The predicted molar refractivity (Wildman–Crippen MR) is 98.1 cm³/mol. The van der Waals surface area contributed by atoms with Crippen LogP contribution in [0.2, 0.25) is 0 Å². The number of ether oxygens (including phenoxy) is 1. The number of carbonyl (C=O) groups excluding carboxylic acids is 1. The summed E-state index contributed by atoms with van der Waals surface area (Å²) in [5.74, 6) is -0.236. The van der Waals surface area contributed by atoms with Crippen molar-refractivity contribution in [3.63, 3.8) is 0 Å². The minimum Gasteiger partial charge on any atom is -0.483 e. The van der Waals surface area contributed by atoms with Gasteiger partial charge in [-0.15, -0.1) is 0 Å². The molecule has 2 rings (SSSR count). The first-order valence-corrected chi connectivity index (χ1v) is 8.45. The van der Waals surface area contributed by atoms with Crippen molar-refractivity contribution in [3.8, 4) is 5.75 Å². The van der Waals surface area contributed by atoms with Gasteiger partial charge in [0, 0.05) is 4.47 Å². The van der Waals surface area contributed by atoms with Crippen LogP contribution < -0.4 is 10.1 Å². The third-order valence-corrected chi connectivity index (χ3v) is 4.00. The van der Waals surface area contributed by atoms with Crippen molar-refractivity contribution in [2.45, 2.75) is 33.1 Å². The normalized spacial score (nSPS) is 11.2. The van der Waals surface area contributed by atoms with Gasteiger partial charge < -0.3 is 10.1 Å².